The van der Waals surface area contributed by atoms with Gasteiger partial charge in [0.15, 0.2) is 11.5 Å². The Morgan fingerprint density at radius 3 is 2.55 bits per heavy atom. The fourth-order valence-electron chi connectivity index (χ4n) is 2.25. The van der Waals surface area contributed by atoms with Crippen LogP contribution >= 0.6 is 7.60 Å². The van der Waals surface area contributed by atoms with E-state index in [4.69, 9.17) is 14.2 Å². The lowest BCUT2D eigenvalue weighted by molar-refractivity contribution is 0.376. The van der Waals surface area contributed by atoms with E-state index in [-0.39, 0.29) is 22.3 Å². The third kappa shape index (κ3) is 4.49. The molecule has 13 heteroatoms. The van der Waals surface area contributed by atoms with E-state index in [0.717, 1.165) is 30.3 Å². The van der Waals surface area contributed by atoms with Gasteiger partial charge in [-0.05, 0) is 18.2 Å². The van der Waals surface area contributed by atoms with Gasteiger partial charge in [0.25, 0.3) is 10.0 Å². The average molecular weight is 442 g/mol. The van der Waals surface area contributed by atoms with Crippen LogP contribution in [0, 0.1) is 17.1 Å². The normalized spacial score (nSPS) is 13.7. The van der Waals surface area contributed by atoms with Crippen molar-refractivity contribution in [3.8, 4) is 23.3 Å². The molecule has 0 fully saturated rings. The molecule has 3 aromatic rings. The number of furan rings is 1. The molecule has 29 heavy (non-hydrogen) atoms. The molecule has 0 amide bonds. The molecule has 0 bridgehead atoms. The van der Waals surface area contributed by atoms with Crippen molar-refractivity contribution in [1.29, 1.82) is 5.26 Å². The van der Waals surface area contributed by atoms with Crippen molar-refractivity contribution < 1.29 is 41.4 Å². The fourth-order valence-corrected chi connectivity index (χ4v) is 4.71. The Balaban J connectivity index is 1.76. The maximum Gasteiger partial charge on any atom is 0.391 e. The molecule has 0 saturated carbocycles. The molecule has 0 aliphatic rings. The number of nitrogens with zero attached hydrogens (tertiary/aromatic N) is 1. The second kappa shape index (κ2) is 7.38. The maximum atomic E-state index is 13.5. The van der Waals surface area contributed by atoms with Crippen molar-refractivity contribution in [2.75, 3.05) is 6.29 Å². The first kappa shape index (κ1) is 20.6. The second-order valence-electron chi connectivity index (χ2n) is 5.73. The first-order valence-electron chi connectivity index (χ1n) is 7.67. The number of sulfonamides is 1. The summed E-state index contributed by atoms with van der Waals surface area (Å²) in [6.45, 7) is 0. The summed E-state index contributed by atoms with van der Waals surface area (Å²) in [5.74, 6) is -2.36. The van der Waals surface area contributed by atoms with E-state index in [0.29, 0.717) is 6.07 Å². The lowest BCUT2D eigenvalue weighted by Gasteiger charge is -2.14. The molecule has 1 aromatic heterocycles. The highest BCUT2D eigenvalue weighted by Crippen LogP contribution is 2.42. The van der Waals surface area contributed by atoms with Gasteiger partial charge in [0.1, 0.15) is 29.5 Å². The molecule has 1 unspecified atom stereocenters. The number of halogens is 1. The van der Waals surface area contributed by atoms with Crippen molar-refractivity contribution in [3.05, 3.63) is 47.8 Å². The highest BCUT2D eigenvalue weighted by molar-refractivity contribution is 7.89. The lowest BCUT2D eigenvalue weighted by Crippen LogP contribution is -2.25. The zero-order valence-corrected chi connectivity index (χ0v) is 15.9. The van der Waals surface area contributed by atoms with Gasteiger partial charge in [-0.1, -0.05) is 0 Å². The quantitative estimate of drug-likeness (QED) is 0.330. The Hall–Kier alpha value is -3.10. The summed E-state index contributed by atoms with van der Waals surface area (Å²) in [5.41, 5.74) is -0.343. The average Bonchev–Trinajstić information content (AvgIpc) is 3.04. The van der Waals surface area contributed by atoms with Crippen LogP contribution in [-0.4, -0.2) is 29.8 Å². The number of nitriles is 1. The number of nitrogens with one attached hydrogen (secondary N) is 1. The van der Waals surface area contributed by atoms with Crippen molar-refractivity contribution >= 4 is 28.6 Å². The molecule has 1 atom stereocenters. The minimum absolute atomic E-state index is 0.0443. The molecule has 0 spiro atoms. The number of hydrogen-bond donors (Lipinski definition) is 4. The van der Waals surface area contributed by atoms with Gasteiger partial charge in [0.05, 0.1) is 5.56 Å². The number of fused-ring (bicyclic) bond motifs is 1. The summed E-state index contributed by atoms with van der Waals surface area (Å²) in [5, 5.41) is 27.1. The maximum absolute atomic E-state index is 13.5. The van der Waals surface area contributed by atoms with Crippen molar-refractivity contribution in [2.24, 2.45) is 0 Å². The molecule has 1 heterocycles. The molecule has 0 saturated heterocycles. The van der Waals surface area contributed by atoms with E-state index in [1.807, 2.05) is 4.72 Å². The largest absolute Gasteiger partial charge is 0.504 e. The predicted octanol–water partition coefficient (Wildman–Crippen LogP) is 2.35. The third-order valence-corrected chi connectivity index (χ3v) is 6.14. The van der Waals surface area contributed by atoms with Crippen molar-refractivity contribution in [2.45, 2.75) is 5.09 Å². The molecule has 152 valence electrons. The number of hydrogen-bond acceptors (Lipinski definition) is 8. The number of phenolic OH excluding ortho intramolecular Hbond substituents is 2. The summed E-state index contributed by atoms with van der Waals surface area (Å²) in [7, 11) is -8.99. The van der Waals surface area contributed by atoms with Crippen LogP contribution in [0.5, 0.6) is 17.2 Å². The van der Waals surface area contributed by atoms with Crippen LogP contribution < -0.4 is 9.25 Å². The van der Waals surface area contributed by atoms with Gasteiger partial charge in [0.2, 0.25) is 5.09 Å². The Kier molecular flexibility index (Phi) is 5.25. The lowest BCUT2D eigenvalue weighted by atomic mass is 10.2. The van der Waals surface area contributed by atoms with E-state index >= 15 is 0 Å². The molecule has 0 aliphatic carbocycles. The van der Waals surface area contributed by atoms with Gasteiger partial charge in [-0.25, -0.2) is 17.4 Å². The zero-order chi connectivity index (χ0) is 21.4. The molecular weight excluding hydrogens is 430 g/mol. The first-order chi connectivity index (χ1) is 13.5. The van der Waals surface area contributed by atoms with Crippen LogP contribution in [0.15, 0.2) is 45.9 Å². The van der Waals surface area contributed by atoms with Crippen molar-refractivity contribution in [3.63, 3.8) is 0 Å². The first-order valence-corrected chi connectivity index (χ1v) is 10.9. The van der Waals surface area contributed by atoms with E-state index < -0.39 is 46.3 Å². The van der Waals surface area contributed by atoms with Gasteiger partial charge in [-0.3, -0.25) is 0 Å². The van der Waals surface area contributed by atoms with E-state index in [1.165, 1.54) is 0 Å². The van der Waals surface area contributed by atoms with Crippen LogP contribution in [0.4, 0.5) is 4.39 Å². The molecule has 3 rings (SSSR count). The summed E-state index contributed by atoms with van der Waals surface area (Å²) in [6.07, 6.45) is -1.06. The highest BCUT2D eigenvalue weighted by Gasteiger charge is 2.28. The molecule has 2 aromatic carbocycles. The van der Waals surface area contributed by atoms with E-state index in [2.05, 4.69) is 0 Å². The predicted molar refractivity (Wildman–Crippen MR) is 96.3 cm³/mol. The standard InChI is InChI=1S/C16H12FN2O8PS/c17-12-5-11(2-1-9(12)7-18)27-28(22,23)8-19-29(24,25)16-4-10-3-13(20)14(21)6-15(10)26-16/h1-6,19-21H,8H2,(H,22,23). The Bertz CT molecular complexity index is 1260. The second-order valence-corrected chi connectivity index (χ2v) is 9.20. The van der Waals surface area contributed by atoms with Crippen LogP contribution in [0.25, 0.3) is 11.0 Å². The van der Waals surface area contributed by atoms with E-state index in [1.54, 1.807) is 6.07 Å². The third-order valence-electron chi connectivity index (χ3n) is 3.62. The molecule has 0 aliphatic heterocycles. The van der Waals surface area contributed by atoms with Crippen LogP contribution in [0.2, 0.25) is 0 Å². The fraction of sp³-hybridized carbons (Fsp3) is 0.0625. The Morgan fingerprint density at radius 2 is 1.90 bits per heavy atom. The minimum Gasteiger partial charge on any atom is -0.504 e. The Labute approximate surface area is 163 Å². The molecular formula is C16H12FN2O8PS. The summed E-state index contributed by atoms with van der Waals surface area (Å²) < 4.78 is 61.9. The molecule has 10 nitrogen and oxygen atoms in total. The van der Waals surface area contributed by atoms with Crippen LogP contribution in [-0.2, 0) is 14.6 Å². The molecule has 4 N–H and O–H groups in total. The van der Waals surface area contributed by atoms with Gasteiger partial charge in [-0.2, -0.15) is 9.98 Å². The highest BCUT2D eigenvalue weighted by atomic mass is 32.2. The summed E-state index contributed by atoms with van der Waals surface area (Å²) in [4.78, 5) is 9.83. The summed E-state index contributed by atoms with van der Waals surface area (Å²) >= 11 is 0. The Morgan fingerprint density at radius 1 is 1.21 bits per heavy atom. The number of rotatable bonds is 6. The number of benzene rings is 2. The van der Waals surface area contributed by atoms with Gasteiger partial charge in [0, 0.05) is 23.6 Å². The SMILES string of the molecule is N#Cc1ccc(OP(=O)(O)CNS(=O)(=O)c2cc3cc(O)c(O)cc3o2)cc1F. The van der Waals surface area contributed by atoms with Crippen LogP contribution in [0.3, 0.4) is 0 Å². The number of phenols is 2. The smallest absolute Gasteiger partial charge is 0.391 e. The number of aromatic hydroxyl groups is 2. The topological polar surface area (TPSA) is 170 Å². The van der Waals surface area contributed by atoms with Crippen molar-refractivity contribution in [1.82, 2.24) is 4.72 Å². The zero-order valence-electron chi connectivity index (χ0n) is 14.2. The van der Waals surface area contributed by atoms with Gasteiger partial charge < -0.3 is 24.0 Å². The van der Waals surface area contributed by atoms with Crippen LogP contribution in [0.1, 0.15) is 5.56 Å². The van der Waals surface area contributed by atoms with Gasteiger partial charge in [-0.15, -0.1) is 0 Å². The van der Waals surface area contributed by atoms with Gasteiger partial charge >= 0.3 is 7.60 Å². The molecule has 0 radical (unpaired) electrons. The van der Waals surface area contributed by atoms with E-state index in [9.17, 15) is 32.5 Å². The minimum atomic E-state index is -4.59. The summed E-state index contributed by atoms with van der Waals surface area (Å²) in [6, 6.07) is 7.52. The monoisotopic (exact) mass is 442 g/mol.